The molecule has 0 spiro atoms. The maximum absolute atomic E-state index is 13.5. The Balaban J connectivity index is 1.87. The number of amides is 2. The highest BCUT2D eigenvalue weighted by Gasteiger charge is 2.34. The molecule has 4 nitrogen and oxygen atoms in total. The van der Waals surface area contributed by atoms with E-state index in [4.69, 9.17) is 0 Å². The zero-order valence-electron chi connectivity index (χ0n) is 18.4. The van der Waals surface area contributed by atoms with Gasteiger partial charge in [-0.3, -0.25) is 9.59 Å². The number of nitrogens with zero attached hydrogens (tertiary/aromatic N) is 2. The fourth-order valence-electron chi connectivity index (χ4n) is 3.94. The van der Waals surface area contributed by atoms with Crippen LogP contribution in [0.15, 0.2) is 35.7 Å². The molecule has 2 aromatic rings. The van der Waals surface area contributed by atoms with Crippen LogP contribution in [0.1, 0.15) is 63.1 Å². The number of thiophene rings is 1. The molecule has 1 aromatic heterocycles. The van der Waals surface area contributed by atoms with Crippen molar-refractivity contribution in [3.8, 4) is 0 Å². The first-order valence-electron chi connectivity index (χ1n) is 10.5. The summed E-state index contributed by atoms with van der Waals surface area (Å²) in [6, 6.07) is 8.11. The third-order valence-corrected chi connectivity index (χ3v) is 6.40. The lowest BCUT2D eigenvalue weighted by Crippen LogP contribution is -2.49. The van der Waals surface area contributed by atoms with Gasteiger partial charge in [0.2, 0.25) is 11.8 Å². The minimum atomic E-state index is -0.295. The first-order chi connectivity index (χ1) is 14.1. The first kappa shape index (κ1) is 22.5. The van der Waals surface area contributed by atoms with Crippen LogP contribution in [0.3, 0.4) is 0 Å². The van der Waals surface area contributed by atoms with Crippen molar-refractivity contribution in [3.63, 3.8) is 0 Å². The number of halogens is 1. The van der Waals surface area contributed by atoms with E-state index in [0.717, 1.165) is 17.5 Å². The zero-order chi connectivity index (χ0) is 22.1. The summed E-state index contributed by atoms with van der Waals surface area (Å²) in [5.41, 5.74) is 1.85. The highest BCUT2D eigenvalue weighted by molar-refractivity contribution is 7.10. The first-order valence-corrected chi connectivity index (χ1v) is 11.4. The molecular formula is C24H31FN2O2S. The van der Waals surface area contributed by atoms with Crippen LogP contribution >= 0.6 is 11.3 Å². The van der Waals surface area contributed by atoms with Crippen LogP contribution in [-0.2, 0) is 16.0 Å². The Morgan fingerprint density at radius 1 is 1.20 bits per heavy atom. The molecule has 0 N–H and O–H groups in total. The summed E-state index contributed by atoms with van der Waals surface area (Å²) >= 11 is 1.69. The predicted molar refractivity (Wildman–Crippen MR) is 119 cm³/mol. The fourth-order valence-corrected chi connectivity index (χ4v) is 4.84. The highest BCUT2D eigenvalue weighted by Crippen LogP contribution is 2.38. The molecule has 0 radical (unpaired) electrons. The molecule has 3 rings (SSSR count). The second-order valence-corrected chi connectivity index (χ2v) is 10.4. The summed E-state index contributed by atoms with van der Waals surface area (Å²) in [6.07, 6.45) is 1.20. The molecule has 1 aliphatic rings. The minimum absolute atomic E-state index is 0.00239. The largest absolute Gasteiger partial charge is 0.331 e. The van der Waals surface area contributed by atoms with Gasteiger partial charge in [0.15, 0.2) is 0 Å². The smallest absolute Gasteiger partial charge is 0.243 e. The van der Waals surface area contributed by atoms with Gasteiger partial charge in [0.25, 0.3) is 0 Å². The van der Waals surface area contributed by atoms with Crippen molar-refractivity contribution in [1.29, 1.82) is 0 Å². The van der Waals surface area contributed by atoms with Gasteiger partial charge in [-0.15, -0.1) is 11.3 Å². The second-order valence-electron chi connectivity index (χ2n) is 9.44. The summed E-state index contributed by atoms with van der Waals surface area (Å²) in [5.74, 6) is -0.369. The number of rotatable bonds is 5. The molecule has 6 heteroatoms. The lowest BCUT2D eigenvalue weighted by atomic mass is 9.91. The summed E-state index contributed by atoms with van der Waals surface area (Å²) < 4.78 is 13.5. The summed E-state index contributed by atoms with van der Waals surface area (Å²) in [5, 5.41) is 2.04. The Morgan fingerprint density at radius 3 is 2.47 bits per heavy atom. The van der Waals surface area contributed by atoms with Gasteiger partial charge in [-0.05, 0) is 60.4 Å². The molecule has 1 unspecified atom stereocenters. The van der Waals surface area contributed by atoms with Crippen LogP contribution in [0.5, 0.6) is 0 Å². The van der Waals surface area contributed by atoms with Crippen LogP contribution in [0.4, 0.5) is 4.39 Å². The highest BCUT2D eigenvalue weighted by atomic mass is 32.1. The third kappa shape index (κ3) is 5.09. The summed E-state index contributed by atoms with van der Waals surface area (Å²) in [6.45, 7) is 10.6. The topological polar surface area (TPSA) is 40.6 Å². The van der Waals surface area contributed by atoms with Crippen molar-refractivity contribution < 1.29 is 14.0 Å². The minimum Gasteiger partial charge on any atom is -0.331 e. The van der Waals surface area contributed by atoms with E-state index < -0.39 is 0 Å². The number of carbonyl (C=O) groups is 2. The molecule has 2 heterocycles. The monoisotopic (exact) mass is 430 g/mol. The van der Waals surface area contributed by atoms with Crippen molar-refractivity contribution in [3.05, 3.63) is 57.5 Å². The molecule has 162 valence electrons. The Labute approximate surface area is 182 Å². The van der Waals surface area contributed by atoms with E-state index in [1.54, 1.807) is 28.4 Å². The Hall–Kier alpha value is -2.21. The number of fused-ring (bicyclic) bond motifs is 1. The van der Waals surface area contributed by atoms with Crippen LogP contribution in [0, 0.1) is 11.2 Å². The second kappa shape index (κ2) is 8.88. The van der Waals surface area contributed by atoms with Gasteiger partial charge >= 0.3 is 0 Å². The van der Waals surface area contributed by atoms with Gasteiger partial charge in [0.1, 0.15) is 12.4 Å². The van der Waals surface area contributed by atoms with Gasteiger partial charge < -0.3 is 9.80 Å². The van der Waals surface area contributed by atoms with Crippen molar-refractivity contribution in [2.24, 2.45) is 5.41 Å². The standard InChI is InChI=1S/C24H31FN2O2S/c1-16(2)27(21(28)14-24(3,4)5)15-22(29)26-12-10-20-19(11-13-30-20)23(26)17-6-8-18(25)9-7-17/h6-9,11,13,16,23H,10,12,14-15H2,1-5H3. The van der Waals surface area contributed by atoms with E-state index in [-0.39, 0.29) is 41.7 Å². The van der Waals surface area contributed by atoms with E-state index >= 15 is 0 Å². The Kier molecular flexibility index (Phi) is 6.65. The SMILES string of the molecule is CC(C)N(CC(=O)N1CCc2sccc2C1c1ccc(F)cc1)C(=O)CC(C)(C)C. The molecule has 1 aromatic carbocycles. The summed E-state index contributed by atoms with van der Waals surface area (Å²) in [7, 11) is 0. The average molecular weight is 431 g/mol. The van der Waals surface area contributed by atoms with Crippen LogP contribution in [0.2, 0.25) is 0 Å². The number of hydrogen-bond acceptors (Lipinski definition) is 3. The van der Waals surface area contributed by atoms with E-state index in [0.29, 0.717) is 13.0 Å². The molecular weight excluding hydrogens is 399 g/mol. The van der Waals surface area contributed by atoms with E-state index in [2.05, 4.69) is 6.07 Å². The molecule has 0 aliphatic carbocycles. The van der Waals surface area contributed by atoms with Gasteiger partial charge in [-0.1, -0.05) is 32.9 Å². The predicted octanol–water partition coefficient (Wildman–Crippen LogP) is 5.03. The van der Waals surface area contributed by atoms with E-state index in [1.165, 1.54) is 17.0 Å². The fraction of sp³-hybridized carbons (Fsp3) is 0.500. The molecule has 1 aliphatic heterocycles. The molecule has 0 bridgehead atoms. The Morgan fingerprint density at radius 2 is 1.87 bits per heavy atom. The van der Waals surface area contributed by atoms with Crippen LogP contribution in [0.25, 0.3) is 0 Å². The van der Waals surface area contributed by atoms with Crippen LogP contribution < -0.4 is 0 Å². The van der Waals surface area contributed by atoms with Gasteiger partial charge in [-0.2, -0.15) is 0 Å². The van der Waals surface area contributed by atoms with Crippen molar-refractivity contribution in [2.45, 2.75) is 59.5 Å². The third-order valence-electron chi connectivity index (χ3n) is 5.40. The van der Waals surface area contributed by atoms with E-state index in [9.17, 15) is 14.0 Å². The normalized spacial score (nSPS) is 16.5. The quantitative estimate of drug-likeness (QED) is 0.667. The average Bonchev–Trinajstić information content (AvgIpc) is 3.13. The summed E-state index contributed by atoms with van der Waals surface area (Å²) in [4.78, 5) is 31.1. The number of hydrogen-bond donors (Lipinski definition) is 0. The van der Waals surface area contributed by atoms with Gasteiger partial charge in [0.05, 0.1) is 6.04 Å². The van der Waals surface area contributed by atoms with E-state index in [1.807, 2.05) is 44.9 Å². The van der Waals surface area contributed by atoms with Gasteiger partial charge in [-0.25, -0.2) is 4.39 Å². The zero-order valence-corrected chi connectivity index (χ0v) is 19.3. The lowest BCUT2D eigenvalue weighted by molar-refractivity contribution is -0.144. The molecule has 2 amide bonds. The van der Waals surface area contributed by atoms with Crippen LogP contribution in [-0.4, -0.2) is 40.7 Å². The Bertz CT molecular complexity index is 899. The van der Waals surface area contributed by atoms with Crippen molar-refractivity contribution in [2.75, 3.05) is 13.1 Å². The molecule has 1 atom stereocenters. The maximum atomic E-state index is 13.5. The van der Waals surface area contributed by atoms with Gasteiger partial charge in [0, 0.05) is 23.9 Å². The van der Waals surface area contributed by atoms with Crippen molar-refractivity contribution in [1.82, 2.24) is 9.80 Å². The van der Waals surface area contributed by atoms with Crippen molar-refractivity contribution >= 4 is 23.2 Å². The number of carbonyl (C=O) groups excluding carboxylic acids is 2. The molecule has 30 heavy (non-hydrogen) atoms. The lowest BCUT2D eigenvalue weighted by Gasteiger charge is -2.38. The number of benzene rings is 1. The molecule has 0 fully saturated rings. The molecule has 0 saturated heterocycles. The maximum Gasteiger partial charge on any atom is 0.243 e. The molecule has 0 saturated carbocycles.